The highest BCUT2D eigenvalue weighted by Gasteiger charge is 2.83. The van der Waals surface area contributed by atoms with E-state index in [4.69, 9.17) is 4.74 Å². The number of carbonyl (C=O) groups excluding carboxylic acids is 2. The van der Waals surface area contributed by atoms with Crippen LogP contribution in [0.5, 0.6) is 0 Å². The molecule has 0 amide bonds. The number of rotatable bonds is 7. The molecule has 0 radical (unpaired) electrons. The third-order valence-electron chi connectivity index (χ3n) is 9.32. The van der Waals surface area contributed by atoms with E-state index in [1.54, 1.807) is 0 Å². The number of carboxylic acids is 1. The van der Waals surface area contributed by atoms with Crippen molar-refractivity contribution in [3.63, 3.8) is 0 Å². The van der Waals surface area contributed by atoms with Crippen LogP contribution in [0.1, 0.15) is 66.7 Å². The van der Waals surface area contributed by atoms with Crippen molar-refractivity contribution in [1.82, 2.24) is 0 Å². The van der Waals surface area contributed by atoms with Gasteiger partial charge in [-0.25, -0.2) is 4.79 Å². The first-order valence-corrected chi connectivity index (χ1v) is 11.8. The number of fused-ring (bicyclic) bond motifs is 2. The van der Waals surface area contributed by atoms with E-state index < -0.39 is 22.2 Å². The van der Waals surface area contributed by atoms with Crippen molar-refractivity contribution in [2.24, 2.45) is 45.8 Å². The summed E-state index contributed by atoms with van der Waals surface area (Å²) in [5.41, 5.74) is -0.804. The summed E-state index contributed by atoms with van der Waals surface area (Å²) >= 11 is 0. The van der Waals surface area contributed by atoms with Gasteiger partial charge in [0.2, 0.25) is 0 Å². The number of ether oxygens (including phenoxy) is 1. The lowest BCUT2D eigenvalue weighted by Crippen LogP contribution is -2.62. The number of aldehydes is 1. The van der Waals surface area contributed by atoms with Gasteiger partial charge in [-0.3, -0.25) is 4.79 Å². The normalized spacial score (nSPS) is 42.2. The van der Waals surface area contributed by atoms with Gasteiger partial charge in [-0.1, -0.05) is 44.4 Å². The summed E-state index contributed by atoms with van der Waals surface area (Å²) in [6.45, 7) is 10.2. The quantitative estimate of drug-likeness (QED) is 0.272. The fourth-order valence-electron chi connectivity index (χ4n) is 8.45. The summed E-state index contributed by atoms with van der Waals surface area (Å²) in [5.74, 6) is -0.153. The molecule has 5 heteroatoms. The first-order chi connectivity index (χ1) is 14.6. The zero-order chi connectivity index (χ0) is 22.8. The largest absolute Gasteiger partial charge is 0.481 e. The minimum atomic E-state index is -1.19. The predicted octanol–water partition coefficient (Wildman–Crippen LogP) is 4.81. The molecule has 0 aliphatic heterocycles. The fraction of sp³-hybridized carbons (Fsp3) is 0.731. The van der Waals surface area contributed by atoms with Gasteiger partial charge in [0, 0.05) is 11.5 Å². The van der Waals surface area contributed by atoms with Crippen molar-refractivity contribution >= 4 is 18.2 Å². The van der Waals surface area contributed by atoms with Crippen LogP contribution in [-0.2, 0) is 19.1 Å². The Morgan fingerprint density at radius 2 is 1.97 bits per heavy atom. The Bertz CT molecular complexity index is 865. The van der Waals surface area contributed by atoms with Gasteiger partial charge in [0.25, 0.3) is 0 Å². The second-order valence-electron chi connectivity index (χ2n) is 11.1. The minimum Gasteiger partial charge on any atom is -0.481 e. The zero-order valence-electron chi connectivity index (χ0n) is 19.4. The lowest BCUT2D eigenvalue weighted by atomic mass is 9.42. The van der Waals surface area contributed by atoms with Crippen molar-refractivity contribution < 1.29 is 24.2 Å². The molecule has 0 aromatic heterocycles. The van der Waals surface area contributed by atoms with E-state index in [-0.39, 0.29) is 30.3 Å². The number of esters is 1. The molecular weight excluding hydrogens is 392 g/mol. The molecule has 6 unspecified atom stereocenters. The van der Waals surface area contributed by atoms with Crippen molar-refractivity contribution in [1.29, 1.82) is 0 Å². The summed E-state index contributed by atoms with van der Waals surface area (Å²) in [5, 5.41) is 10.9. The third kappa shape index (κ3) is 2.64. The minimum absolute atomic E-state index is 0.0474. The molecular formula is C26H36O5. The van der Waals surface area contributed by atoms with Crippen molar-refractivity contribution in [2.45, 2.75) is 66.7 Å². The van der Waals surface area contributed by atoms with Crippen LogP contribution >= 0.6 is 0 Å². The van der Waals surface area contributed by atoms with Crippen molar-refractivity contribution in [3.8, 4) is 0 Å². The number of hydrogen-bond donors (Lipinski definition) is 1. The van der Waals surface area contributed by atoms with Crippen LogP contribution in [0.2, 0.25) is 0 Å². The number of hydrogen-bond acceptors (Lipinski definition) is 4. The average Bonchev–Trinajstić information content (AvgIpc) is 3.24. The van der Waals surface area contributed by atoms with Gasteiger partial charge >= 0.3 is 11.9 Å². The molecule has 0 heterocycles. The molecule has 0 aromatic carbocycles. The molecule has 3 saturated carbocycles. The SMILES string of the molecule is CC(C)=CC(=O)OCCC12CC3C(CC[C@H]3C)C3(C=O)CC1C=C(C(C)C)C32C(=O)O. The molecule has 1 N–H and O–H groups in total. The van der Waals surface area contributed by atoms with Gasteiger partial charge in [-0.2, -0.15) is 0 Å². The topological polar surface area (TPSA) is 80.7 Å². The van der Waals surface area contributed by atoms with Crippen LogP contribution < -0.4 is 0 Å². The van der Waals surface area contributed by atoms with Crippen LogP contribution in [0.25, 0.3) is 0 Å². The molecule has 4 bridgehead atoms. The lowest BCUT2D eigenvalue weighted by Gasteiger charge is -2.58. The van der Waals surface area contributed by atoms with E-state index in [1.165, 1.54) is 6.08 Å². The van der Waals surface area contributed by atoms with Gasteiger partial charge < -0.3 is 14.6 Å². The second kappa shape index (κ2) is 7.31. The van der Waals surface area contributed by atoms with Gasteiger partial charge in [-0.15, -0.1) is 0 Å². The van der Waals surface area contributed by atoms with Gasteiger partial charge in [0.1, 0.15) is 11.7 Å². The highest BCUT2D eigenvalue weighted by Crippen LogP contribution is 2.83. The maximum Gasteiger partial charge on any atom is 0.330 e. The van der Waals surface area contributed by atoms with Gasteiger partial charge in [0.05, 0.1) is 12.0 Å². The van der Waals surface area contributed by atoms with Crippen LogP contribution in [0.15, 0.2) is 23.3 Å². The number of aliphatic carboxylic acids is 1. The molecule has 4 rings (SSSR count). The Morgan fingerprint density at radius 3 is 2.55 bits per heavy atom. The summed E-state index contributed by atoms with van der Waals surface area (Å²) < 4.78 is 5.53. The van der Waals surface area contributed by atoms with Gasteiger partial charge in [-0.05, 0) is 69.1 Å². The van der Waals surface area contributed by atoms with Crippen molar-refractivity contribution in [3.05, 3.63) is 23.3 Å². The molecule has 4 aliphatic rings. The Balaban J connectivity index is 1.81. The lowest BCUT2D eigenvalue weighted by molar-refractivity contribution is -0.182. The molecule has 7 atom stereocenters. The summed E-state index contributed by atoms with van der Waals surface area (Å²) in [7, 11) is 0. The van der Waals surface area contributed by atoms with Crippen LogP contribution in [-0.4, -0.2) is 29.9 Å². The Hall–Kier alpha value is -1.91. The zero-order valence-corrected chi connectivity index (χ0v) is 19.4. The molecule has 0 aromatic rings. The fourth-order valence-corrected chi connectivity index (χ4v) is 8.45. The van der Waals surface area contributed by atoms with Crippen LogP contribution in [0, 0.1) is 45.8 Å². The summed E-state index contributed by atoms with van der Waals surface area (Å²) in [6.07, 6.45) is 8.59. The molecule has 5 nitrogen and oxygen atoms in total. The molecule has 0 spiro atoms. The number of carboxylic acid groups (broad SMARTS) is 1. The van der Waals surface area contributed by atoms with Crippen LogP contribution in [0.4, 0.5) is 0 Å². The highest BCUT2D eigenvalue weighted by atomic mass is 16.5. The van der Waals surface area contributed by atoms with Crippen LogP contribution in [0.3, 0.4) is 0 Å². The van der Waals surface area contributed by atoms with E-state index >= 15 is 0 Å². The molecule has 0 saturated heterocycles. The van der Waals surface area contributed by atoms with E-state index in [9.17, 15) is 19.5 Å². The first-order valence-electron chi connectivity index (χ1n) is 11.8. The Labute approximate surface area is 185 Å². The molecule has 31 heavy (non-hydrogen) atoms. The second-order valence-corrected chi connectivity index (χ2v) is 11.1. The molecule has 3 fully saturated rings. The summed E-state index contributed by atoms with van der Waals surface area (Å²) in [4.78, 5) is 38.3. The average molecular weight is 429 g/mol. The maximum atomic E-state index is 13.3. The van der Waals surface area contributed by atoms with Gasteiger partial charge in [0.15, 0.2) is 0 Å². The predicted molar refractivity (Wildman–Crippen MR) is 117 cm³/mol. The highest BCUT2D eigenvalue weighted by molar-refractivity contribution is 5.90. The van der Waals surface area contributed by atoms with E-state index in [0.717, 1.165) is 36.7 Å². The molecule has 4 aliphatic carbocycles. The Morgan fingerprint density at radius 1 is 1.26 bits per heavy atom. The summed E-state index contributed by atoms with van der Waals surface area (Å²) in [6, 6.07) is 0. The monoisotopic (exact) mass is 428 g/mol. The van der Waals surface area contributed by atoms with E-state index in [0.29, 0.717) is 24.7 Å². The number of carbonyl (C=O) groups is 3. The third-order valence-corrected chi connectivity index (χ3v) is 9.32. The maximum absolute atomic E-state index is 13.3. The van der Waals surface area contributed by atoms with Crippen molar-refractivity contribution in [2.75, 3.05) is 6.61 Å². The Kier molecular flexibility index (Phi) is 5.26. The molecule has 170 valence electrons. The standard InChI is InChI=1S/C26H36O5/c1-15(2)10-22(28)31-9-8-24-13-19-17(5)6-7-20(19)25(14-27)12-18(24)11-21(16(3)4)26(24,25)23(29)30/h10-11,14,16-20H,6-9,12-13H2,1-5H3,(H,29,30)/t17-,18?,19?,20?,24?,25?,26?/m1/s1. The van der Waals surface area contributed by atoms with E-state index in [1.807, 2.05) is 27.7 Å². The van der Waals surface area contributed by atoms with E-state index in [2.05, 4.69) is 13.0 Å². The first kappa shape index (κ1) is 22.3. The smallest absolute Gasteiger partial charge is 0.330 e. The number of allylic oxidation sites excluding steroid dienone is 2.